The number of rotatable bonds is 3. The predicted octanol–water partition coefficient (Wildman–Crippen LogP) is 4.37. The third kappa shape index (κ3) is 2.88. The molecule has 108 valence electrons. The van der Waals surface area contributed by atoms with Gasteiger partial charge >= 0.3 is 0 Å². The SMILES string of the molecule is Cc1ccc(N(C(=O)c2ccccc2)c2ccccc2)cn1. The molecule has 0 saturated carbocycles. The first-order valence-corrected chi connectivity index (χ1v) is 7.13. The van der Waals surface area contributed by atoms with Crippen LogP contribution in [0.3, 0.4) is 0 Å². The molecule has 1 heterocycles. The quantitative estimate of drug-likeness (QED) is 0.717. The van der Waals surface area contributed by atoms with Gasteiger partial charge in [0, 0.05) is 16.9 Å². The van der Waals surface area contributed by atoms with E-state index in [1.807, 2.05) is 79.7 Å². The van der Waals surface area contributed by atoms with Gasteiger partial charge in [-0.05, 0) is 43.3 Å². The van der Waals surface area contributed by atoms with Crippen LogP contribution in [0.25, 0.3) is 0 Å². The lowest BCUT2D eigenvalue weighted by Gasteiger charge is -2.23. The fourth-order valence-corrected chi connectivity index (χ4v) is 2.26. The van der Waals surface area contributed by atoms with Crippen LogP contribution in [0.1, 0.15) is 16.1 Å². The third-order valence-electron chi connectivity index (χ3n) is 3.39. The van der Waals surface area contributed by atoms with Gasteiger partial charge in [0.1, 0.15) is 0 Å². The van der Waals surface area contributed by atoms with Gasteiger partial charge in [0.25, 0.3) is 5.91 Å². The lowest BCUT2D eigenvalue weighted by molar-refractivity contribution is 0.0999. The molecule has 22 heavy (non-hydrogen) atoms. The van der Waals surface area contributed by atoms with Gasteiger partial charge in [-0.3, -0.25) is 14.7 Å². The third-order valence-corrected chi connectivity index (χ3v) is 3.39. The lowest BCUT2D eigenvalue weighted by atomic mass is 10.1. The Kier molecular flexibility index (Phi) is 3.97. The summed E-state index contributed by atoms with van der Waals surface area (Å²) in [5, 5.41) is 0. The summed E-state index contributed by atoms with van der Waals surface area (Å²) in [6.45, 7) is 1.93. The van der Waals surface area contributed by atoms with E-state index < -0.39 is 0 Å². The number of carbonyl (C=O) groups excluding carboxylic acids is 1. The van der Waals surface area contributed by atoms with E-state index in [4.69, 9.17) is 0 Å². The van der Waals surface area contributed by atoms with Crippen LogP contribution in [0.5, 0.6) is 0 Å². The number of anilines is 2. The van der Waals surface area contributed by atoms with Gasteiger partial charge in [-0.2, -0.15) is 0 Å². The molecule has 3 heteroatoms. The molecular weight excluding hydrogens is 272 g/mol. The Bertz CT molecular complexity index is 752. The summed E-state index contributed by atoms with van der Waals surface area (Å²) in [5.41, 5.74) is 3.14. The number of pyridine rings is 1. The molecule has 0 unspecified atom stereocenters. The van der Waals surface area contributed by atoms with Crippen molar-refractivity contribution in [3.05, 3.63) is 90.3 Å². The van der Waals surface area contributed by atoms with Crippen LogP contribution < -0.4 is 4.90 Å². The van der Waals surface area contributed by atoms with Crippen molar-refractivity contribution in [2.24, 2.45) is 0 Å². The standard InChI is InChI=1S/C19H16N2O/c1-15-12-13-18(14-20-15)21(17-10-6-3-7-11-17)19(22)16-8-4-2-5-9-16/h2-14H,1H3. The normalized spacial score (nSPS) is 10.2. The topological polar surface area (TPSA) is 33.2 Å². The van der Waals surface area contributed by atoms with Gasteiger partial charge in [0.2, 0.25) is 0 Å². The first-order chi connectivity index (χ1) is 10.8. The Morgan fingerprint density at radius 2 is 1.45 bits per heavy atom. The monoisotopic (exact) mass is 288 g/mol. The van der Waals surface area contributed by atoms with Gasteiger partial charge in [-0.15, -0.1) is 0 Å². The summed E-state index contributed by atoms with van der Waals surface area (Å²) in [7, 11) is 0. The highest BCUT2D eigenvalue weighted by Gasteiger charge is 2.19. The molecule has 0 aliphatic heterocycles. The van der Waals surface area contributed by atoms with Crippen molar-refractivity contribution in [2.75, 3.05) is 4.90 Å². The van der Waals surface area contributed by atoms with E-state index in [2.05, 4.69) is 4.98 Å². The van der Waals surface area contributed by atoms with Crippen molar-refractivity contribution in [1.82, 2.24) is 4.98 Å². The largest absolute Gasteiger partial charge is 0.275 e. The van der Waals surface area contributed by atoms with Crippen LogP contribution in [0, 0.1) is 6.92 Å². The summed E-state index contributed by atoms with van der Waals surface area (Å²) in [6, 6.07) is 22.7. The molecule has 1 aromatic heterocycles. The Morgan fingerprint density at radius 1 is 0.818 bits per heavy atom. The Labute approximate surface area is 129 Å². The summed E-state index contributed by atoms with van der Waals surface area (Å²) in [4.78, 5) is 18.9. The molecule has 3 rings (SSSR count). The Balaban J connectivity index is 2.07. The van der Waals surface area contributed by atoms with E-state index in [-0.39, 0.29) is 5.91 Å². The Hall–Kier alpha value is -2.94. The number of nitrogens with zero attached hydrogens (tertiary/aromatic N) is 2. The molecule has 0 radical (unpaired) electrons. The first kappa shape index (κ1) is 14.0. The fourth-order valence-electron chi connectivity index (χ4n) is 2.26. The zero-order valence-corrected chi connectivity index (χ0v) is 12.3. The summed E-state index contributed by atoms with van der Waals surface area (Å²) < 4.78 is 0. The molecule has 0 saturated heterocycles. The predicted molar refractivity (Wildman–Crippen MR) is 88.3 cm³/mol. The lowest BCUT2D eigenvalue weighted by Crippen LogP contribution is -2.26. The molecule has 2 aromatic carbocycles. The van der Waals surface area contributed by atoms with E-state index in [0.29, 0.717) is 5.56 Å². The number of para-hydroxylation sites is 1. The number of hydrogen-bond acceptors (Lipinski definition) is 2. The van der Waals surface area contributed by atoms with Crippen LogP contribution in [-0.4, -0.2) is 10.9 Å². The van der Waals surface area contributed by atoms with E-state index in [0.717, 1.165) is 17.1 Å². The van der Waals surface area contributed by atoms with Gasteiger partial charge in [0.05, 0.1) is 11.9 Å². The van der Waals surface area contributed by atoms with Crippen molar-refractivity contribution in [3.63, 3.8) is 0 Å². The van der Waals surface area contributed by atoms with Crippen molar-refractivity contribution in [3.8, 4) is 0 Å². The molecule has 0 atom stereocenters. The zero-order chi connectivity index (χ0) is 15.4. The molecule has 0 bridgehead atoms. The van der Waals surface area contributed by atoms with Crippen molar-refractivity contribution in [1.29, 1.82) is 0 Å². The van der Waals surface area contributed by atoms with E-state index >= 15 is 0 Å². The summed E-state index contributed by atoms with van der Waals surface area (Å²) in [5.74, 6) is -0.0718. The van der Waals surface area contributed by atoms with Crippen LogP contribution in [-0.2, 0) is 0 Å². The second kappa shape index (κ2) is 6.22. The molecule has 3 aromatic rings. The van der Waals surface area contributed by atoms with Gasteiger partial charge in [-0.25, -0.2) is 0 Å². The zero-order valence-electron chi connectivity index (χ0n) is 12.3. The van der Waals surface area contributed by atoms with Crippen LogP contribution in [0.4, 0.5) is 11.4 Å². The van der Waals surface area contributed by atoms with Crippen molar-refractivity contribution < 1.29 is 4.79 Å². The van der Waals surface area contributed by atoms with E-state index in [1.54, 1.807) is 11.1 Å². The summed E-state index contributed by atoms with van der Waals surface area (Å²) >= 11 is 0. The van der Waals surface area contributed by atoms with Gasteiger partial charge < -0.3 is 0 Å². The van der Waals surface area contributed by atoms with E-state index in [9.17, 15) is 4.79 Å². The first-order valence-electron chi connectivity index (χ1n) is 7.13. The maximum absolute atomic E-state index is 12.9. The minimum absolute atomic E-state index is 0.0718. The number of hydrogen-bond donors (Lipinski definition) is 0. The average Bonchev–Trinajstić information content (AvgIpc) is 2.58. The number of benzene rings is 2. The molecule has 0 spiro atoms. The molecule has 0 fully saturated rings. The van der Waals surface area contributed by atoms with Crippen molar-refractivity contribution >= 4 is 17.3 Å². The van der Waals surface area contributed by atoms with Gasteiger partial charge in [-0.1, -0.05) is 36.4 Å². The van der Waals surface area contributed by atoms with Crippen LogP contribution in [0.15, 0.2) is 79.0 Å². The van der Waals surface area contributed by atoms with Crippen LogP contribution >= 0.6 is 0 Å². The minimum atomic E-state index is -0.0718. The number of aromatic nitrogens is 1. The molecular formula is C19H16N2O. The smallest absolute Gasteiger partial charge is 0.262 e. The minimum Gasteiger partial charge on any atom is -0.275 e. The number of aryl methyl sites for hydroxylation is 1. The highest BCUT2D eigenvalue weighted by Crippen LogP contribution is 2.26. The molecule has 1 amide bonds. The molecule has 0 aliphatic carbocycles. The maximum atomic E-state index is 12.9. The highest BCUT2D eigenvalue weighted by molar-refractivity contribution is 6.10. The summed E-state index contributed by atoms with van der Waals surface area (Å²) in [6.07, 6.45) is 1.73. The van der Waals surface area contributed by atoms with Gasteiger partial charge in [0.15, 0.2) is 0 Å². The second-order valence-electron chi connectivity index (χ2n) is 5.00. The average molecular weight is 288 g/mol. The maximum Gasteiger partial charge on any atom is 0.262 e. The fraction of sp³-hybridized carbons (Fsp3) is 0.0526. The Morgan fingerprint density at radius 3 is 2.05 bits per heavy atom. The second-order valence-corrected chi connectivity index (χ2v) is 5.00. The number of carbonyl (C=O) groups is 1. The number of amides is 1. The molecule has 3 nitrogen and oxygen atoms in total. The van der Waals surface area contributed by atoms with E-state index in [1.165, 1.54) is 0 Å². The molecule has 0 N–H and O–H groups in total. The van der Waals surface area contributed by atoms with Crippen molar-refractivity contribution in [2.45, 2.75) is 6.92 Å². The van der Waals surface area contributed by atoms with Crippen LogP contribution in [0.2, 0.25) is 0 Å². The molecule has 0 aliphatic rings. The highest BCUT2D eigenvalue weighted by atomic mass is 16.2.